The minimum atomic E-state index is 0.0620. The number of rotatable bonds is 3. The van der Waals surface area contributed by atoms with Gasteiger partial charge < -0.3 is 5.32 Å². The molecule has 0 bridgehead atoms. The van der Waals surface area contributed by atoms with Crippen LogP contribution >= 0.6 is 11.6 Å². The maximum absolute atomic E-state index is 11.8. The zero-order valence-electron chi connectivity index (χ0n) is 9.87. The Labute approximate surface area is 107 Å². The van der Waals surface area contributed by atoms with Gasteiger partial charge in [-0.25, -0.2) is 0 Å². The summed E-state index contributed by atoms with van der Waals surface area (Å²) in [7, 11) is 0. The number of benzene rings is 1. The molecule has 0 radical (unpaired) electrons. The molecule has 90 valence electrons. The molecule has 1 amide bonds. The highest BCUT2D eigenvalue weighted by molar-refractivity contribution is 6.31. The Morgan fingerprint density at radius 3 is 3.06 bits per heavy atom. The van der Waals surface area contributed by atoms with Crippen LogP contribution in [0.4, 0.5) is 5.69 Å². The molecule has 1 N–H and O–H groups in total. The van der Waals surface area contributed by atoms with Crippen LogP contribution in [0.15, 0.2) is 30.4 Å². The predicted molar refractivity (Wildman–Crippen MR) is 71.3 cm³/mol. The van der Waals surface area contributed by atoms with Crippen LogP contribution in [-0.2, 0) is 4.79 Å². The minimum Gasteiger partial charge on any atom is -0.326 e. The van der Waals surface area contributed by atoms with Crippen molar-refractivity contribution in [1.29, 1.82) is 0 Å². The van der Waals surface area contributed by atoms with Gasteiger partial charge in [0, 0.05) is 17.1 Å². The highest BCUT2D eigenvalue weighted by Gasteiger charge is 2.14. The normalized spacial score (nSPS) is 18.4. The van der Waals surface area contributed by atoms with Crippen molar-refractivity contribution in [2.45, 2.75) is 26.2 Å². The summed E-state index contributed by atoms with van der Waals surface area (Å²) in [5.74, 6) is 0.460. The van der Waals surface area contributed by atoms with Crippen LogP contribution in [0.1, 0.15) is 24.8 Å². The van der Waals surface area contributed by atoms with Crippen molar-refractivity contribution in [3.8, 4) is 0 Å². The van der Waals surface area contributed by atoms with Crippen LogP contribution in [0.25, 0.3) is 0 Å². The number of anilines is 1. The highest BCUT2D eigenvalue weighted by atomic mass is 35.5. The molecular formula is C14H16ClNO. The van der Waals surface area contributed by atoms with Crippen molar-refractivity contribution in [2.75, 3.05) is 5.32 Å². The van der Waals surface area contributed by atoms with Gasteiger partial charge in [0.2, 0.25) is 5.91 Å². The summed E-state index contributed by atoms with van der Waals surface area (Å²) < 4.78 is 0. The van der Waals surface area contributed by atoms with Gasteiger partial charge in [-0.2, -0.15) is 0 Å². The van der Waals surface area contributed by atoms with Crippen LogP contribution in [-0.4, -0.2) is 5.91 Å². The molecular weight excluding hydrogens is 234 g/mol. The molecule has 0 unspecified atom stereocenters. The van der Waals surface area contributed by atoms with Gasteiger partial charge in [0.05, 0.1) is 0 Å². The molecule has 1 atom stereocenters. The minimum absolute atomic E-state index is 0.0620. The SMILES string of the molecule is Cc1c(Cl)cccc1NC(=O)C[C@H]1C=CCC1. The first kappa shape index (κ1) is 12.2. The third kappa shape index (κ3) is 3.10. The maximum atomic E-state index is 11.8. The second-order valence-electron chi connectivity index (χ2n) is 4.43. The number of nitrogens with one attached hydrogen (secondary N) is 1. The van der Waals surface area contributed by atoms with E-state index in [-0.39, 0.29) is 5.91 Å². The molecule has 0 saturated carbocycles. The first-order valence-corrected chi connectivity index (χ1v) is 6.26. The van der Waals surface area contributed by atoms with E-state index in [0.717, 1.165) is 24.1 Å². The number of halogens is 1. The summed E-state index contributed by atoms with van der Waals surface area (Å²) in [6, 6.07) is 5.55. The predicted octanol–water partition coefficient (Wildman–Crippen LogP) is 3.94. The molecule has 1 aromatic rings. The lowest BCUT2D eigenvalue weighted by Gasteiger charge is -2.11. The number of amides is 1. The van der Waals surface area contributed by atoms with E-state index in [9.17, 15) is 4.79 Å². The molecule has 3 heteroatoms. The lowest BCUT2D eigenvalue weighted by Crippen LogP contribution is -2.15. The summed E-state index contributed by atoms with van der Waals surface area (Å²) in [6.45, 7) is 1.91. The Hall–Kier alpha value is -1.28. The Morgan fingerprint density at radius 2 is 2.35 bits per heavy atom. The Balaban J connectivity index is 1.98. The van der Waals surface area contributed by atoms with Crippen molar-refractivity contribution in [2.24, 2.45) is 5.92 Å². The average molecular weight is 250 g/mol. The number of carbonyl (C=O) groups excluding carboxylic acids is 1. The van der Waals surface area contributed by atoms with Crippen LogP contribution < -0.4 is 5.32 Å². The van der Waals surface area contributed by atoms with E-state index in [1.807, 2.05) is 25.1 Å². The van der Waals surface area contributed by atoms with Crippen molar-refractivity contribution in [3.63, 3.8) is 0 Å². The number of hydrogen-bond acceptors (Lipinski definition) is 1. The lowest BCUT2D eigenvalue weighted by atomic mass is 10.0. The first-order valence-electron chi connectivity index (χ1n) is 5.88. The molecule has 0 saturated heterocycles. The molecule has 1 aliphatic carbocycles. The molecule has 0 heterocycles. The van der Waals surface area contributed by atoms with E-state index in [0.29, 0.717) is 17.4 Å². The third-order valence-electron chi connectivity index (χ3n) is 3.10. The van der Waals surface area contributed by atoms with E-state index in [4.69, 9.17) is 11.6 Å². The second kappa shape index (κ2) is 5.37. The monoisotopic (exact) mass is 249 g/mol. The molecule has 1 aromatic carbocycles. The van der Waals surface area contributed by atoms with Gasteiger partial charge >= 0.3 is 0 Å². The van der Waals surface area contributed by atoms with Crippen molar-refractivity contribution in [3.05, 3.63) is 40.9 Å². The van der Waals surface area contributed by atoms with Crippen LogP contribution in [0.3, 0.4) is 0 Å². The van der Waals surface area contributed by atoms with Crippen molar-refractivity contribution >= 4 is 23.2 Å². The summed E-state index contributed by atoms with van der Waals surface area (Å²) in [4.78, 5) is 11.8. The number of carbonyl (C=O) groups is 1. The molecule has 0 spiro atoms. The van der Waals surface area contributed by atoms with Gasteiger partial charge in [-0.15, -0.1) is 0 Å². The van der Waals surface area contributed by atoms with Gasteiger partial charge in [-0.3, -0.25) is 4.79 Å². The molecule has 1 aliphatic rings. The van der Waals surface area contributed by atoms with E-state index < -0.39 is 0 Å². The Morgan fingerprint density at radius 1 is 1.53 bits per heavy atom. The Kier molecular flexibility index (Phi) is 3.85. The molecule has 0 aromatic heterocycles. The fourth-order valence-corrected chi connectivity index (χ4v) is 2.22. The zero-order chi connectivity index (χ0) is 12.3. The zero-order valence-corrected chi connectivity index (χ0v) is 10.6. The van der Waals surface area contributed by atoms with Gasteiger partial charge in [0.1, 0.15) is 0 Å². The van der Waals surface area contributed by atoms with Gasteiger partial charge in [0.25, 0.3) is 0 Å². The van der Waals surface area contributed by atoms with Gasteiger partial charge in [0.15, 0.2) is 0 Å². The smallest absolute Gasteiger partial charge is 0.224 e. The Bertz CT molecular complexity index is 454. The molecule has 2 nitrogen and oxygen atoms in total. The molecule has 0 fully saturated rings. The fourth-order valence-electron chi connectivity index (χ4n) is 2.05. The van der Waals surface area contributed by atoms with Gasteiger partial charge in [-0.1, -0.05) is 29.8 Å². The number of allylic oxidation sites excluding steroid dienone is 2. The van der Waals surface area contributed by atoms with E-state index in [1.54, 1.807) is 0 Å². The lowest BCUT2D eigenvalue weighted by molar-refractivity contribution is -0.116. The van der Waals surface area contributed by atoms with Crippen LogP contribution in [0, 0.1) is 12.8 Å². The first-order chi connectivity index (χ1) is 8.16. The highest BCUT2D eigenvalue weighted by Crippen LogP contribution is 2.25. The number of hydrogen-bond donors (Lipinski definition) is 1. The molecule has 17 heavy (non-hydrogen) atoms. The summed E-state index contributed by atoms with van der Waals surface area (Å²) in [5, 5.41) is 3.60. The standard InChI is InChI=1S/C14H16ClNO/c1-10-12(15)7-4-8-13(10)16-14(17)9-11-5-2-3-6-11/h2,4-5,7-8,11H,3,6,9H2,1H3,(H,16,17)/t11-/m0/s1. The van der Waals surface area contributed by atoms with Crippen molar-refractivity contribution in [1.82, 2.24) is 0 Å². The summed E-state index contributed by atoms with van der Waals surface area (Å²) in [6.07, 6.45) is 7.01. The largest absolute Gasteiger partial charge is 0.326 e. The van der Waals surface area contributed by atoms with Crippen LogP contribution in [0.2, 0.25) is 5.02 Å². The van der Waals surface area contributed by atoms with Crippen LogP contribution in [0.5, 0.6) is 0 Å². The molecule has 0 aliphatic heterocycles. The topological polar surface area (TPSA) is 29.1 Å². The van der Waals surface area contributed by atoms with E-state index in [2.05, 4.69) is 17.5 Å². The second-order valence-corrected chi connectivity index (χ2v) is 4.84. The third-order valence-corrected chi connectivity index (χ3v) is 3.51. The van der Waals surface area contributed by atoms with E-state index >= 15 is 0 Å². The quantitative estimate of drug-likeness (QED) is 0.808. The molecule has 2 rings (SSSR count). The summed E-state index contributed by atoms with van der Waals surface area (Å²) in [5.41, 5.74) is 1.73. The fraction of sp³-hybridized carbons (Fsp3) is 0.357. The summed E-state index contributed by atoms with van der Waals surface area (Å²) >= 11 is 6.01. The maximum Gasteiger partial charge on any atom is 0.224 e. The average Bonchev–Trinajstić information content (AvgIpc) is 2.77. The van der Waals surface area contributed by atoms with Crippen molar-refractivity contribution < 1.29 is 4.79 Å². The van der Waals surface area contributed by atoms with E-state index in [1.165, 1.54) is 0 Å². The van der Waals surface area contributed by atoms with Gasteiger partial charge in [-0.05, 0) is 43.4 Å².